The van der Waals surface area contributed by atoms with Crippen molar-refractivity contribution >= 4 is 22.9 Å². The molecule has 1 aromatic carbocycles. The topological polar surface area (TPSA) is 41.1 Å². The van der Waals surface area contributed by atoms with Gasteiger partial charge in [0.05, 0.1) is 6.54 Å². The van der Waals surface area contributed by atoms with E-state index in [2.05, 4.69) is 29.0 Å². The molecule has 0 aliphatic heterocycles. The first-order chi connectivity index (χ1) is 9.70. The lowest BCUT2D eigenvalue weighted by molar-refractivity contribution is -0.115. The minimum Gasteiger partial charge on any atom is -0.325 e. The van der Waals surface area contributed by atoms with E-state index >= 15 is 0 Å². The summed E-state index contributed by atoms with van der Waals surface area (Å²) in [7, 11) is 0. The number of anilines is 1. The van der Waals surface area contributed by atoms with E-state index in [0.717, 1.165) is 17.7 Å². The van der Waals surface area contributed by atoms with Crippen LogP contribution in [0.2, 0.25) is 0 Å². The molecule has 0 spiro atoms. The summed E-state index contributed by atoms with van der Waals surface area (Å²) >= 11 is 1.72. The zero-order valence-electron chi connectivity index (χ0n) is 11.8. The Kier molecular flexibility index (Phi) is 5.32. The number of carbonyl (C=O) groups is 1. The summed E-state index contributed by atoms with van der Waals surface area (Å²) in [6.07, 6.45) is 0.970. The molecule has 3 nitrogen and oxygen atoms in total. The maximum Gasteiger partial charge on any atom is 0.238 e. The molecule has 1 amide bonds. The van der Waals surface area contributed by atoms with Crippen LogP contribution in [-0.4, -0.2) is 12.5 Å². The number of amides is 1. The van der Waals surface area contributed by atoms with Crippen molar-refractivity contribution in [1.29, 1.82) is 0 Å². The van der Waals surface area contributed by atoms with Crippen LogP contribution in [0.5, 0.6) is 0 Å². The molecule has 106 valence electrons. The second-order valence-corrected chi connectivity index (χ2v) is 5.70. The first kappa shape index (κ1) is 14.8. The fourth-order valence-corrected chi connectivity index (χ4v) is 2.94. The predicted octanol–water partition coefficient (Wildman–Crippen LogP) is 3.74. The number of para-hydroxylation sites is 1. The van der Waals surface area contributed by atoms with E-state index < -0.39 is 0 Å². The van der Waals surface area contributed by atoms with Gasteiger partial charge in [0.1, 0.15) is 0 Å². The zero-order chi connectivity index (χ0) is 14.4. The summed E-state index contributed by atoms with van der Waals surface area (Å²) in [5.74, 6) is -0.00527. The summed E-state index contributed by atoms with van der Waals surface area (Å²) in [6, 6.07) is 12.2. The van der Waals surface area contributed by atoms with Crippen LogP contribution in [-0.2, 0) is 4.79 Å². The molecule has 1 heterocycles. The molecule has 2 rings (SSSR count). The third-order valence-corrected chi connectivity index (χ3v) is 4.21. The lowest BCUT2D eigenvalue weighted by Gasteiger charge is -2.15. The number of benzene rings is 1. The molecule has 2 aromatic rings. The van der Waals surface area contributed by atoms with Gasteiger partial charge >= 0.3 is 0 Å². The van der Waals surface area contributed by atoms with Gasteiger partial charge in [-0.05, 0) is 36.4 Å². The van der Waals surface area contributed by atoms with E-state index in [1.54, 1.807) is 11.3 Å². The molecule has 0 bridgehead atoms. The Morgan fingerprint density at radius 2 is 2.05 bits per heavy atom. The summed E-state index contributed by atoms with van der Waals surface area (Å²) in [4.78, 5) is 13.3. The maximum absolute atomic E-state index is 12.0. The number of carbonyl (C=O) groups excluding carboxylic acids is 1. The monoisotopic (exact) mass is 288 g/mol. The fourth-order valence-electron chi connectivity index (χ4n) is 2.06. The van der Waals surface area contributed by atoms with Gasteiger partial charge in [0.15, 0.2) is 0 Å². The Morgan fingerprint density at radius 1 is 1.25 bits per heavy atom. The summed E-state index contributed by atoms with van der Waals surface area (Å²) in [6.45, 7) is 4.44. The van der Waals surface area contributed by atoms with Crippen LogP contribution in [0.1, 0.15) is 29.8 Å². The number of thiophene rings is 1. The maximum atomic E-state index is 12.0. The predicted molar refractivity (Wildman–Crippen MR) is 85.2 cm³/mol. The van der Waals surface area contributed by atoms with Crippen LogP contribution >= 0.6 is 11.3 Å². The van der Waals surface area contributed by atoms with Crippen LogP contribution in [0.15, 0.2) is 41.8 Å². The van der Waals surface area contributed by atoms with Crippen molar-refractivity contribution in [3.05, 3.63) is 52.2 Å². The van der Waals surface area contributed by atoms with Gasteiger partial charge in [-0.3, -0.25) is 4.79 Å². The van der Waals surface area contributed by atoms with Gasteiger partial charge in [-0.25, -0.2) is 0 Å². The Bertz CT molecular complexity index is 551. The van der Waals surface area contributed by atoms with Crippen molar-refractivity contribution in [2.24, 2.45) is 0 Å². The van der Waals surface area contributed by atoms with E-state index in [1.165, 1.54) is 4.88 Å². The number of rotatable bonds is 6. The Morgan fingerprint density at radius 3 is 2.70 bits per heavy atom. The average molecular weight is 288 g/mol. The van der Waals surface area contributed by atoms with Gasteiger partial charge in [0.25, 0.3) is 0 Å². The van der Waals surface area contributed by atoms with Crippen LogP contribution in [0, 0.1) is 6.92 Å². The van der Waals surface area contributed by atoms with Gasteiger partial charge < -0.3 is 10.6 Å². The number of aryl methyl sites for hydroxylation is 1. The molecule has 0 aliphatic rings. The highest BCUT2D eigenvalue weighted by Crippen LogP contribution is 2.21. The smallest absolute Gasteiger partial charge is 0.238 e. The second-order valence-electron chi connectivity index (χ2n) is 4.72. The number of nitrogens with one attached hydrogen (secondary N) is 2. The minimum atomic E-state index is -0.00527. The highest BCUT2D eigenvalue weighted by atomic mass is 32.1. The van der Waals surface area contributed by atoms with Crippen LogP contribution < -0.4 is 10.6 Å². The van der Waals surface area contributed by atoms with Gasteiger partial charge in [-0.2, -0.15) is 0 Å². The molecule has 0 aliphatic carbocycles. The molecule has 20 heavy (non-hydrogen) atoms. The van der Waals surface area contributed by atoms with E-state index in [-0.39, 0.29) is 11.9 Å². The highest BCUT2D eigenvalue weighted by Gasteiger charge is 2.11. The standard InChI is InChI=1S/C16H20N2OS/c1-3-13(15-9-6-10-20-15)17-11-16(19)18-14-8-5-4-7-12(14)2/h4-10,13,17H,3,11H2,1-2H3,(H,18,19). The Balaban J connectivity index is 1.87. The van der Waals surface area contributed by atoms with E-state index in [0.29, 0.717) is 6.54 Å². The fraction of sp³-hybridized carbons (Fsp3) is 0.312. The van der Waals surface area contributed by atoms with E-state index in [4.69, 9.17) is 0 Å². The van der Waals surface area contributed by atoms with Crippen molar-refractivity contribution in [3.63, 3.8) is 0 Å². The first-order valence-electron chi connectivity index (χ1n) is 6.83. The Hall–Kier alpha value is -1.65. The molecule has 0 radical (unpaired) electrons. The number of hydrogen-bond donors (Lipinski definition) is 2. The van der Waals surface area contributed by atoms with Crippen molar-refractivity contribution in [2.45, 2.75) is 26.3 Å². The molecular formula is C16H20N2OS. The normalized spacial score (nSPS) is 12.1. The summed E-state index contributed by atoms with van der Waals surface area (Å²) < 4.78 is 0. The molecule has 4 heteroatoms. The summed E-state index contributed by atoms with van der Waals surface area (Å²) in [5, 5.41) is 8.31. The summed E-state index contributed by atoms with van der Waals surface area (Å²) in [5.41, 5.74) is 1.95. The molecule has 1 atom stereocenters. The Labute approximate surface area is 124 Å². The van der Waals surface area contributed by atoms with Crippen molar-refractivity contribution in [3.8, 4) is 0 Å². The molecule has 0 fully saturated rings. The molecule has 0 saturated carbocycles. The molecule has 2 N–H and O–H groups in total. The van der Waals surface area contributed by atoms with Gasteiger partial charge in [-0.15, -0.1) is 11.3 Å². The third kappa shape index (κ3) is 3.92. The lowest BCUT2D eigenvalue weighted by atomic mass is 10.2. The van der Waals surface area contributed by atoms with Gasteiger partial charge in [0, 0.05) is 16.6 Å². The third-order valence-electron chi connectivity index (χ3n) is 3.22. The van der Waals surface area contributed by atoms with Crippen LogP contribution in [0.4, 0.5) is 5.69 Å². The highest BCUT2D eigenvalue weighted by molar-refractivity contribution is 7.10. The van der Waals surface area contributed by atoms with Crippen molar-refractivity contribution in [2.75, 3.05) is 11.9 Å². The average Bonchev–Trinajstić information content (AvgIpc) is 2.96. The van der Waals surface area contributed by atoms with E-state index in [1.807, 2.05) is 37.3 Å². The first-order valence-corrected chi connectivity index (χ1v) is 7.71. The SMILES string of the molecule is CCC(NCC(=O)Nc1ccccc1C)c1cccs1. The molecular weight excluding hydrogens is 268 g/mol. The molecule has 0 saturated heterocycles. The van der Waals surface area contributed by atoms with Crippen LogP contribution in [0.25, 0.3) is 0 Å². The second kappa shape index (κ2) is 7.22. The molecule has 1 aromatic heterocycles. The quantitative estimate of drug-likeness (QED) is 0.850. The van der Waals surface area contributed by atoms with Gasteiger partial charge in [0.2, 0.25) is 5.91 Å². The van der Waals surface area contributed by atoms with Crippen LogP contribution in [0.3, 0.4) is 0 Å². The largest absolute Gasteiger partial charge is 0.325 e. The lowest BCUT2D eigenvalue weighted by Crippen LogP contribution is -2.30. The van der Waals surface area contributed by atoms with Gasteiger partial charge in [-0.1, -0.05) is 31.2 Å². The van der Waals surface area contributed by atoms with Crippen molar-refractivity contribution < 1.29 is 4.79 Å². The number of hydrogen-bond acceptors (Lipinski definition) is 3. The van der Waals surface area contributed by atoms with Crippen molar-refractivity contribution in [1.82, 2.24) is 5.32 Å². The zero-order valence-corrected chi connectivity index (χ0v) is 12.7. The molecule has 1 unspecified atom stereocenters. The minimum absolute atomic E-state index is 0.00527. The van der Waals surface area contributed by atoms with E-state index in [9.17, 15) is 4.79 Å².